The van der Waals surface area contributed by atoms with Crippen molar-refractivity contribution in [1.29, 1.82) is 0 Å². The summed E-state index contributed by atoms with van der Waals surface area (Å²) in [5.41, 5.74) is 1.19. The van der Waals surface area contributed by atoms with Crippen molar-refractivity contribution < 1.29 is 9.47 Å². The van der Waals surface area contributed by atoms with Crippen LogP contribution in [0, 0.1) is 0 Å². The van der Waals surface area contributed by atoms with Gasteiger partial charge in [-0.05, 0) is 44.2 Å². The zero-order chi connectivity index (χ0) is 18.2. The van der Waals surface area contributed by atoms with E-state index in [9.17, 15) is 0 Å². The molecule has 5 nitrogen and oxygen atoms in total. The smallest absolute Gasteiger partial charge is 0.194 e. The van der Waals surface area contributed by atoms with E-state index in [2.05, 4.69) is 23.2 Å². The van der Waals surface area contributed by atoms with Gasteiger partial charge in [-0.2, -0.15) is 0 Å². The van der Waals surface area contributed by atoms with Crippen LogP contribution >= 0.6 is 11.6 Å². The van der Waals surface area contributed by atoms with Gasteiger partial charge < -0.3 is 19.7 Å². The van der Waals surface area contributed by atoms with Gasteiger partial charge in [-0.15, -0.1) is 0 Å². The molecule has 1 N–H and O–H groups in total. The lowest BCUT2D eigenvalue weighted by molar-refractivity contribution is -0.0817. The Morgan fingerprint density at radius 3 is 2.88 bits per heavy atom. The van der Waals surface area contributed by atoms with Crippen LogP contribution < -0.4 is 5.32 Å². The average Bonchev–Trinajstić information content (AvgIpc) is 3.20. The van der Waals surface area contributed by atoms with Crippen molar-refractivity contribution in [3.05, 3.63) is 34.9 Å². The Balaban J connectivity index is 1.53. The molecule has 0 aliphatic carbocycles. The van der Waals surface area contributed by atoms with Crippen molar-refractivity contribution >= 4 is 17.6 Å². The summed E-state index contributed by atoms with van der Waals surface area (Å²) in [6.45, 7) is 7.08. The van der Waals surface area contributed by atoms with Gasteiger partial charge in [-0.3, -0.25) is 4.99 Å². The molecule has 1 aromatic rings. The second-order valence-electron chi connectivity index (χ2n) is 6.84. The van der Waals surface area contributed by atoms with Crippen molar-refractivity contribution in [2.24, 2.45) is 4.99 Å². The molecule has 26 heavy (non-hydrogen) atoms. The Morgan fingerprint density at radius 1 is 1.27 bits per heavy atom. The van der Waals surface area contributed by atoms with Crippen molar-refractivity contribution in [2.45, 2.75) is 44.8 Å². The molecule has 2 heterocycles. The summed E-state index contributed by atoms with van der Waals surface area (Å²) in [4.78, 5) is 7.15. The fraction of sp³-hybridized carbons (Fsp3) is 0.650. The van der Waals surface area contributed by atoms with Crippen LogP contribution in [0.15, 0.2) is 29.3 Å². The van der Waals surface area contributed by atoms with Crippen LogP contribution in [0.2, 0.25) is 5.02 Å². The van der Waals surface area contributed by atoms with Gasteiger partial charge in [-0.25, -0.2) is 0 Å². The van der Waals surface area contributed by atoms with Crippen molar-refractivity contribution in [3.8, 4) is 0 Å². The first kappa shape index (κ1) is 19.5. The fourth-order valence-electron chi connectivity index (χ4n) is 3.57. The van der Waals surface area contributed by atoms with E-state index in [0.717, 1.165) is 76.1 Å². The third-order valence-electron chi connectivity index (χ3n) is 4.93. The fourth-order valence-corrected chi connectivity index (χ4v) is 3.80. The van der Waals surface area contributed by atoms with Crippen LogP contribution in [-0.2, 0) is 15.9 Å². The number of hydrogen-bond donors (Lipinski definition) is 1. The topological polar surface area (TPSA) is 46.1 Å². The van der Waals surface area contributed by atoms with Gasteiger partial charge in [0.1, 0.15) is 6.10 Å². The number of hydrogen-bond acceptors (Lipinski definition) is 3. The summed E-state index contributed by atoms with van der Waals surface area (Å²) < 4.78 is 11.8. The van der Waals surface area contributed by atoms with E-state index in [1.54, 1.807) is 0 Å². The van der Waals surface area contributed by atoms with Crippen molar-refractivity contribution in [1.82, 2.24) is 10.2 Å². The molecule has 3 rings (SSSR count). The molecule has 2 saturated heterocycles. The lowest BCUT2D eigenvalue weighted by Gasteiger charge is -2.37. The highest BCUT2D eigenvalue weighted by Crippen LogP contribution is 2.21. The predicted molar refractivity (Wildman–Crippen MR) is 106 cm³/mol. The van der Waals surface area contributed by atoms with Crippen LogP contribution in [0.25, 0.3) is 0 Å². The number of nitrogens with one attached hydrogen (secondary N) is 1. The van der Waals surface area contributed by atoms with Gasteiger partial charge >= 0.3 is 0 Å². The van der Waals surface area contributed by atoms with Crippen molar-refractivity contribution in [2.75, 3.05) is 39.4 Å². The Bertz CT molecular complexity index is 590. The highest BCUT2D eigenvalue weighted by atomic mass is 35.5. The minimum absolute atomic E-state index is 0.151. The maximum absolute atomic E-state index is 6.23. The number of halogens is 1. The third-order valence-corrected chi connectivity index (χ3v) is 5.30. The Morgan fingerprint density at radius 2 is 2.12 bits per heavy atom. The Kier molecular flexibility index (Phi) is 7.59. The summed E-state index contributed by atoms with van der Waals surface area (Å²) in [5.74, 6) is 0.984. The molecule has 0 radical (unpaired) electrons. The average molecular weight is 380 g/mol. The maximum atomic E-state index is 6.23. The normalized spacial score (nSPS) is 24.1. The van der Waals surface area contributed by atoms with E-state index in [4.69, 9.17) is 26.1 Å². The first-order valence-corrected chi connectivity index (χ1v) is 10.2. The molecule has 2 aliphatic heterocycles. The molecule has 2 atom stereocenters. The molecule has 6 heteroatoms. The first-order chi connectivity index (χ1) is 12.8. The second kappa shape index (κ2) is 10.1. The second-order valence-corrected chi connectivity index (χ2v) is 7.24. The van der Waals surface area contributed by atoms with Gasteiger partial charge in [0.25, 0.3) is 0 Å². The van der Waals surface area contributed by atoms with Gasteiger partial charge in [0.15, 0.2) is 5.96 Å². The molecule has 0 spiro atoms. The van der Waals surface area contributed by atoms with Crippen LogP contribution in [0.4, 0.5) is 0 Å². The predicted octanol–water partition coefficient (Wildman–Crippen LogP) is 3.12. The summed E-state index contributed by atoms with van der Waals surface area (Å²) >= 11 is 6.23. The monoisotopic (exact) mass is 379 g/mol. The molecular formula is C20H30ClN3O2. The quantitative estimate of drug-likeness (QED) is 0.468. The largest absolute Gasteiger partial charge is 0.375 e. The number of morpholine rings is 1. The lowest BCUT2D eigenvalue weighted by atomic mass is 10.1. The van der Waals surface area contributed by atoms with Crippen molar-refractivity contribution in [3.63, 3.8) is 0 Å². The van der Waals surface area contributed by atoms with Crippen LogP contribution in [0.5, 0.6) is 0 Å². The number of ether oxygens (including phenoxy) is 2. The SMILES string of the molecule is CCNC(=NCCCc1ccccc1Cl)N1CCOC(C2CCCO2)C1. The van der Waals surface area contributed by atoms with Crippen LogP contribution in [0.1, 0.15) is 31.7 Å². The summed E-state index contributed by atoms with van der Waals surface area (Å²) in [6.07, 6.45) is 4.56. The summed E-state index contributed by atoms with van der Waals surface area (Å²) in [7, 11) is 0. The number of aliphatic imine (C=N–C) groups is 1. The molecule has 2 fully saturated rings. The highest BCUT2D eigenvalue weighted by molar-refractivity contribution is 6.31. The molecule has 0 bridgehead atoms. The molecule has 1 aromatic carbocycles. The molecule has 144 valence electrons. The number of aryl methyl sites for hydroxylation is 1. The molecule has 0 saturated carbocycles. The zero-order valence-corrected chi connectivity index (χ0v) is 16.4. The van der Waals surface area contributed by atoms with E-state index in [0.29, 0.717) is 0 Å². The highest BCUT2D eigenvalue weighted by Gasteiger charge is 2.32. The van der Waals surface area contributed by atoms with Gasteiger partial charge in [0, 0.05) is 37.8 Å². The Hall–Kier alpha value is -1.30. The maximum Gasteiger partial charge on any atom is 0.194 e. The van der Waals surface area contributed by atoms with E-state index >= 15 is 0 Å². The Labute approximate surface area is 161 Å². The number of nitrogens with zero attached hydrogens (tertiary/aromatic N) is 2. The molecular weight excluding hydrogens is 350 g/mol. The first-order valence-electron chi connectivity index (χ1n) is 9.78. The molecule has 2 unspecified atom stereocenters. The van der Waals surface area contributed by atoms with Gasteiger partial charge in [-0.1, -0.05) is 29.8 Å². The summed E-state index contributed by atoms with van der Waals surface area (Å²) in [5, 5.41) is 4.27. The van der Waals surface area contributed by atoms with E-state index < -0.39 is 0 Å². The zero-order valence-electron chi connectivity index (χ0n) is 15.6. The van der Waals surface area contributed by atoms with Crippen LogP contribution in [0.3, 0.4) is 0 Å². The van der Waals surface area contributed by atoms with Gasteiger partial charge in [0.05, 0.1) is 12.7 Å². The van der Waals surface area contributed by atoms with E-state index in [-0.39, 0.29) is 12.2 Å². The molecule has 2 aliphatic rings. The third kappa shape index (κ3) is 5.35. The lowest BCUT2D eigenvalue weighted by Crippen LogP contribution is -2.53. The molecule has 0 aromatic heterocycles. The van der Waals surface area contributed by atoms with E-state index in [1.807, 2.05) is 18.2 Å². The number of guanidine groups is 1. The standard InChI is InChI=1S/C20H30ClN3O2/c1-2-22-20(23-11-5-8-16-7-3-4-9-17(16)21)24-12-14-26-19(15-24)18-10-6-13-25-18/h3-4,7,9,18-19H,2,5-6,8,10-15H2,1H3,(H,22,23). The number of rotatable bonds is 6. The molecule has 0 amide bonds. The van der Waals surface area contributed by atoms with Gasteiger partial charge in [0.2, 0.25) is 0 Å². The minimum Gasteiger partial charge on any atom is -0.375 e. The van der Waals surface area contributed by atoms with E-state index in [1.165, 1.54) is 5.56 Å². The summed E-state index contributed by atoms with van der Waals surface area (Å²) in [6, 6.07) is 8.04. The number of benzene rings is 1. The van der Waals surface area contributed by atoms with Crippen LogP contribution in [-0.4, -0.2) is 62.5 Å². The minimum atomic E-state index is 0.151.